The third kappa shape index (κ3) is 4.96. The quantitative estimate of drug-likeness (QED) is 0.262. The van der Waals surface area contributed by atoms with E-state index in [1.165, 1.54) is 6.07 Å². The lowest BCUT2D eigenvalue weighted by molar-refractivity contribution is -0.384. The highest BCUT2D eigenvalue weighted by molar-refractivity contribution is 7.80. The van der Waals surface area contributed by atoms with Gasteiger partial charge in [-0.3, -0.25) is 20.0 Å². The number of hydrogen-bond acceptors (Lipinski definition) is 7. The molecule has 11 heteroatoms. The van der Waals surface area contributed by atoms with Gasteiger partial charge in [0, 0.05) is 55.9 Å². The van der Waals surface area contributed by atoms with Crippen molar-refractivity contribution < 1.29 is 14.4 Å². The molecule has 0 aliphatic carbocycles. The van der Waals surface area contributed by atoms with Crippen LogP contribution in [0, 0.1) is 24.0 Å². The van der Waals surface area contributed by atoms with Gasteiger partial charge < -0.3 is 24.3 Å². The molecule has 0 unspecified atom stereocenters. The third-order valence-electron chi connectivity index (χ3n) is 7.36. The first-order valence-electron chi connectivity index (χ1n) is 12.7. The molecule has 2 aliphatic rings. The molecular formula is C27H32N6O4S. The van der Waals surface area contributed by atoms with Crippen molar-refractivity contribution in [1.82, 2.24) is 24.7 Å². The predicted molar refractivity (Wildman–Crippen MR) is 148 cm³/mol. The largest absolute Gasteiger partial charge is 0.495 e. The average molecular weight is 537 g/mol. The number of nitro benzene ring substituents is 1. The lowest BCUT2D eigenvalue weighted by Gasteiger charge is -2.32. The number of hydrogen-bond donors (Lipinski definition) is 1. The van der Waals surface area contributed by atoms with E-state index in [9.17, 15) is 10.1 Å². The van der Waals surface area contributed by atoms with Crippen molar-refractivity contribution >= 4 is 23.0 Å². The van der Waals surface area contributed by atoms with Gasteiger partial charge in [-0.1, -0.05) is 6.07 Å². The summed E-state index contributed by atoms with van der Waals surface area (Å²) in [6, 6.07) is 12.5. The smallest absolute Gasteiger partial charge is 0.271 e. The van der Waals surface area contributed by atoms with Gasteiger partial charge in [-0.25, -0.2) is 0 Å². The number of benzene rings is 1. The number of rotatable bonds is 8. The summed E-state index contributed by atoms with van der Waals surface area (Å²) in [4.78, 5) is 20.5. The molecule has 38 heavy (non-hydrogen) atoms. The number of aromatic nitrogens is 2. The minimum absolute atomic E-state index is 0.0112. The number of nitrogens with zero attached hydrogens (tertiary/aromatic N) is 5. The molecule has 1 aromatic carbocycles. The zero-order valence-electron chi connectivity index (χ0n) is 21.8. The van der Waals surface area contributed by atoms with Gasteiger partial charge >= 0.3 is 0 Å². The Morgan fingerprint density at radius 2 is 1.97 bits per heavy atom. The summed E-state index contributed by atoms with van der Waals surface area (Å²) >= 11 is 5.87. The number of nitro groups is 1. The zero-order chi connectivity index (χ0) is 26.8. The second-order valence-electron chi connectivity index (χ2n) is 9.55. The molecule has 0 amide bonds. The number of methoxy groups -OCH3 is 1. The summed E-state index contributed by atoms with van der Waals surface area (Å²) in [5.74, 6) is 0.564. The molecule has 0 radical (unpaired) electrons. The predicted octanol–water partition coefficient (Wildman–Crippen LogP) is 3.71. The van der Waals surface area contributed by atoms with Crippen LogP contribution >= 0.6 is 12.2 Å². The maximum Gasteiger partial charge on any atom is 0.271 e. The van der Waals surface area contributed by atoms with E-state index in [1.807, 2.05) is 36.6 Å². The van der Waals surface area contributed by atoms with Crippen molar-refractivity contribution in [3.8, 4) is 11.4 Å². The van der Waals surface area contributed by atoms with Crippen LogP contribution < -0.4 is 10.1 Å². The van der Waals surface area contributed by atoms with Gasteiger partial charge in [0.05, 0.1) is 48.7 Å². The van der Waals surface area contributed by atoms with Crippen LogP contribution in [0.4, 0.5) is 5.69 Å². The Bertz CT molecular complexity index is 1320. The SMILES string of the molecule is COc1ccc([N+](=O)[O-])cc1-n1c(C)cc([C@H]2[C@H](c3ccccn3)NC(=S)N2CCN2CCOCC2)c1C. The van der Waals surface area contributed by atoms with E-state index in [1.54, 1.807) is 25.4 Å². The Morgan fingerprint density at radius 3 is 2.66 bits per heavy atom. The van der Waals surface area contributed by atoms with Crippen molar-refractivity contribution in [2.45, 2.75) is 25.9 Å². The Hall–Kier alpha value is -3.54. The molecule has 5 rings (SSSR count). The average Bonchev–Trinajstić information content (AvgIpc) is 3.42. The van der Waals surface area contributed by atoms with E-state index < -0.39 is 0 Å². The fraction of sp³-hybridized carbons (Fsp3) is 0.407. The molecule has 2 aromatic heterocycles. The molecule has 0 bridgehead atoms. The van der Waals surface area contributed by atoms with Gasteiger partial charge in [-0.05, 0) is 55.9 Å². The first-order chi connectivity index (χ1) is 18.4. The Morgan fingerprint density at radius 1 is 1.18 bits per heavy atom. The summed E-state index contributed by atoms with van der Waals surface area (Å²) < 4.78 is 13.1. The summed E-state index contributed by atoms with van der Waals surface area (Å²) in [6.45, 7) is 8.97. The minimum Gasteiger partial charge on any atom is -0.495 e. The van der Waals surface area contributed by atoms with Crippen LogP contribution in [-0.2, 0) is 4.74 Å². The van der Waals surface area contributed by atoms with Gasteiger partial charge in [-0.2, -0.15) is 0 Å². The van der Waals surface area contributed by atoms with Crippen LogP contribution in [0.5, 0.6) is 5.75 Å². The van der Waals surface area contributed by atoms with Crippen LogP contribution in [0.15, 0.2) is 48.7 Å². The molecule has 1 N–H and O–H groups in total. The lowest BCUT2D eigenvalue weighted by atomic mass is 9.96. The van der Waals surface area contributed by atoms with E-state index >= 15 is 0 Å². The summed E-state index contributed by atoms with van der Waals surface area (Å²) in [5, 5.41) is 15.8. The highest BCUT2D eigenvalue weighted by atomic mass is 32.1. The van der Waals surface area contributed by atoms with Crippen molar-refractivity contribution in [3.63, 3.8) is 0 Å². The summed E-state index contributed by atoms with van der Waals surface area (Å²) in [5.41, 5.74) is 4.55. The van der Waals surface area contributed by atoms with Crippen molar-refractivity contribution in [1.29, 1.82) is 0 Å². The van der Waals surface area contributed by atoms with Gasteiger partial charge in [0.15, 0.2) is 5.11 Å². The van der Waals surface area contributed by atoms with Crippen LogP contribution in [0.1, 0.15) is 34.7 Å². The fourth-order valence-corrected chi connectivity index (χ4v) is 5.82. The van der Waals surface area contributed by atoms with Gasteiger partial charge in [0.2, 0.25) is 0 Å². The molecule has 2 saturated heterocycles. The van der Waals surface area contributed by atoms with Crippen LogP contribution in [-0.4, -0.2) is 75.9 Å². The van der Waals surface area contributed by atoms with E-state index in [0.29, 0.717) is 16.5 Å². The van der Waals surface area contributed by atoms with Gasteiger partial charge in [-0.15, -0.1) is 0 Å². The molecule has 2 atom stereocenters. The summed E-state index contributed by atoms with van der Waals surface area (Å²) in [6.07, 6.45) is 1.80. The van der Waals surface area contributed by atoms with Crippen LogP contribution in [0.2, 0.25) is 0 Å². The topological polar surface area (TPSA) is 97.9 Å². The number of nitrogens with one attached hydrogen (secondary N) is 1. The van der Waals surface area contributed by atoms with Gasteiger partial charge in [0.1, 0.15) is 5.75 Å². The number of morpholine rings is 1. The van der Waals surface area contributed by atoms with Crippen LogP contribution in [0.25, 0.3) is 5.69 Å². The highest BCUT2D eigenvalue weighted by Gasteiger charge is 2.41. The summed E-state index contributed by atoms with van der Waals surface area (Å²) in [7, 11) is 1.57. The van der Waals surface area contributed by atoms with E-state index in [0.717, 1.165) is 62.0 Å². The Balaban J connectivity index is 1.57. The van der Waals surface area contributed by atoms with E-state index in [-0.39, 0.29) is 22.7 Å². The molecular weight excluding hydrogens is 504 g/mol. The van der Waals surface area contributed by atoms with Crippen molar-refractivity contribution in [2.75, 3.05) is 46.5 Å². The number of pyridine rings is 1. The maximum atomic E-state index is 11.6. The van der Waals surface area contributed by atoms with Gasteiger partial charge in [0.25, 0.3) is 5.69 Å². The Labute approximate surface area is 227 Å². The second-order valence-corrected chi connectivity index (χ2v) is 9.94. The first-order valence-corrected chi connectivity index (χ1v) is 13.1. The number of non-ortho nitro benzene ring substituents is 1. The molecule has 200 valence electrons. The second kappa shape index (κ2) is 11.1. The van der Waals surface area contributed by atoms with Crippen molar-refractivity contribution in [2.24, 2.45) is 0 Å². The fourth-order valence-electron chi connectivity index (χ4n) is 5.48. The molecule has 2 aliphatic heterocycles. The standard InChI is InChI=1S/C27H32N6O4S/c1-18-16-21(19(2)32(18)23-17-20(33(34)35)7-8-24(23)36-3)26-25(22-6-4-5-9-28-22)29-27(38)31(26)11-10-30-12-14-37-15-13-30/h4-9,16-17,25-26H,10-15H2,1-3H3,(H,29,38)/t25-,26-/m0/s1. The number of aryl methyl sites for hydroxylation is 1. The van der Waals surface area contributed by atoms with Crippen molar-refractivity contribution in [3.05, 3.63) is 81.4 Å². The minimum atomic E-state index is -0.387. The molecule has 0 saturated carbocycles. The lowest BCUT2D eigenvalue weighted by Crippen LogP contribution is -2.42. The normalized spacial score (nSPS) is 20.0. The van der Waals surface area contributed by atoms with Crippen LogP contribution in [0.3, 0.4) is 0 Å². The Kier molecular flexibility index (Phi) is 7.59. The van der Waals surface area contributed by atoms with E-state index in [2.05, 4.69) is 26.2 Å². The molecule has 10 nitrogen and oxygen atoms in total. The monoisotopic (exact) mass is 536 g/mol. The molecule has 0 spiro atoms. The third-order valence-corrected chi connectivity index (χ3v) is 7.71. The first kappa shape index (κ1) is 26.1. The molecule has 4 heterocycles. The molecule has 2 fully saturated rings. The zero-order valence-corrected chi connectivity index (χ0v) is 22.6. The number of ether oxygens (including phenoxy) is 2. The maximum absolute atomic E-state index is 11.6. The highest BCUT2D eigenvalue weighted by Crippen LogP contribution is 2.42. The van der Waals surface area contributed by atoms with E-state index in [4.69, 9.17) is 21.7 Å². The molecule has 3 aromatic rings. The number of thiocarbonyl (C=S) groups is 1.